The number of anilines is 1. The lowest BCUT2D eigenvalue weighted by Crippen LogP contribution is -2.26. The summed E-state index contributed by atoms with van der Waals surface area (Å²) in [4.78, 5) is 21.8. The Morgan fingerprint density at radius 1 is 1.56 bits per heavy atom. The standard InChI is InChI=1S/C10H10IN5O2/c11-8-7-9(15-14-8)12-4-13-10(7)16-2-5(3-17)1-6(16)18/h4-5,17H,1-3H2,(H,12,13,14,15). The molecule has 0 aliphatic carbocycles. The first-order valence-electron chi connectivity index (χ1n) is 5.46. The SMILES string of the molecule is O=C1CC(CO)CN1c1ncnc2n[nH]c(I)c12. The molecule has 1 amide bonds. The second kappa shape index (κ2) is 4.43. The summed E-state index contributed by atoms with van der Waals surface area (Å²) >= 11 is 2.10. The minimum absolute atomic E-state index is 0.0128. The predicted molar refractivity (Wildman–Crippen MR) is 71.9 cm³/mol. The second-order valence-electron chi connectivity index (χ2n) is 4.19. The van der Waals surface area contributed by atoms with Gasteiger partial charge in [-0.15, -0.1) is 0 Å². The summed E-state index contributed by atoms with van der Waals surface area (Å²) in [6.07, 6.45) is 1.75. The van der Waals surface area contributed by atoms with Crippen LogP contribution in [0.1, 0.15) is 6.42 Å². The molecule has 1 unspecified atom stereocenters. The van der Waals surface area contributed by atoms with E-state index in [0.29, 0.717) is 24.4 Å². The summed E-state index contributed by atoms with van der Waals surface area (Å²) < 4.78 is 0.804. The van der Waals surface area contributed by atoms with E-state index in [0.717, 1.165) is 9.09 Å². The molecular formula is C10H10IN5O2. The van der Waals surface area contributed by atoms with Crippen LogP contribution in [0.25, 0.3) is 11.0 Å². The molecule has 0 aromatic carbocycles. The molecule has 0 bridgehead atoms. The topological polar surface area (TPSA) is 95.0 Å². The molecule has 18 heavy (non-hydrogen) atoms. The number of aliphatic hydroxyl groups is 1. The first kappa shape index (κ1) is 11.8. The number of fused-ring (bicyclic) bond motifs is 1. The third-order valence-corrected chi connectivity index (χ3v) is 3.79. The van der Waals surface area contributed by atoms with Crippen LogP contribution < -0.4 is 4.90 Å². The van der Waals surface area contributed by atoms with Crippen LogP contribution >= 0.6 is 22.6 Å². The highest BCUT2D eigenvalue weighted by Gasteiger charge is 2.32. The molecule has 1 atom stereocenters. The van der Waals surface area contributed by atoms with Crippen LogP contribution in [0.2, 0.25) is 0 Å². The first-order valence-corrected chi connectivity index (χ1v) is 6.54. The van der Waals surface area contributed by atoms with Crippen LogP contribution in [0.3, 0.4) is 0 Å². The first-order chi connectivity index (χ1) is 8.70. The molecule has 3 heterocycles. The molecule has 1 aliphatic heterocycles. The van der Waals surface area contributed by atoms with Crippen molar-refractivity contribution in [3.8, 4) is 0 Å². The van der Waals surface area contributed by atoms with Gasteiger partial charge in [0.2, 0.25) is 5.91 Å². The Morgan fingerprint density at radius 2 is 2.39 bits per heavy atom. The zero-order chi connectivity index (χ0) is 12.7. The molecule has 1 aliphatic rings. The molecule has 2 aromatic heterocycles. The van der Waals surface area contributed by atoms with E-state index in [1.54, 1.807) is 4.90 Å². The van der Waals surface area contributed by atoms with Crippen molar-refractivity contribution in [2.45, 2.75) is 6.42 Å². The minimum atomic E-state index is -0.0222. The zero-order valence-corrected chi connectivity index (χ0v) is 11.5. The van der Waals surface area contributed by atoms with Crippen LogP contribution in [-0.4, -0.2) is 44.3 Å². The van der Waals surface area contributed by atoms with E-state index >= 15 is 0 Å². The van der Waals surface area contributed by atoms with Gasteiger partial charge in [-0.2, -0.15) is 5.10 Å². The third-order valence-electron chi connectivity index (χ3n) is 3.01. The number of aliphatic hydroxyl groups excluding tert-OH is 1. The van der Waals surface area contributed by atoms with E-state index in [4.69, 9.17) is 5.11 Å². The molecule has 2 N–H and O–H groups in total. The Labute approximate surface area is 116 Å². The highest BCUT2D eigenvalue weighted by atomic mass is 127. The van der Waals surface area contributed by atoms with Gasteiger partial charge in [0.15, 0.2) is 11.5 Å². The number of hydrogen-bond donors (Lipinski definition) is 2. The second-order valence-corrected chi connectivity index (χ2v) is 5.27. The number of nitrogens with zero attached hydrogens (tertiary/aromatic N) is 4. The van der Waals surface area contributed by atoms with Crippen LogP contribution in [0, 0.1) is 9.62 Å². The van der Waals surface area contributed by atoms with Gasteiger partial charge < -0.3 is 5.11 Å². The fourth-order valence-electron chi connectivity index (χ4n) is 2.12. The number of hydrogen-bond acceptors (Lipinski definition) is 5. The van der Waals surface area contributed by atoms with Gasteiger partial charge in [-0.1, -0.05) is 0 Å². The van der Waals surface area contributed by atoms with Crippen molar-refractivity contribution < 1.29 is 9.90 Å². The van der Waals surface area contributed by atoms with Gasteiger partial charge in [-0.05, 0) is 22.6 Å². The van der Waals surface area contributed by atoms with Gasteiger partial charge in [-0.25, -0.2) is 9.97 Å². The highest BCUT2D eigenvalue weighted by Crippen LogP contribution is 2.30. The molecule has 0 saturated carbocycles. The van der Waals surface area contributed by atoms with Crippen molar-refractivity contribution in [3.05, 3.63) is 10.0 Å². The molecule has 0 radical (unpaired) electrons. The Balaban J connectivity index is 2.09. The summed E-state index contributed by atoms with van der Waals surface area (Å²) in [7, 11) is 0. The maximum Gasteiger partial charge on any atom is 0.228 e. The molecule has 1 saturated heterocycles. The Kier molecular flexibility index (Phi) is 2.90. The molecule has 1 fully saturated rings. The molecule has 0 spiro atoms. The monoisotopic (exact) mass is 359 g/mol. The molecule has 3 rings (SSSR count). The summed E-state index contributed by atoms with van der Waals surface area (Å²) in [6, 6.07) is 0. The van der Waals surface area contributed by atoms with Crippen LogP contribution in [-0.2, 0) is 4.79 Å². The normalized spacial score (nSPS) is 20.0. The van der Waals surface area contributed by atoms with E-state index in [9.17, 15) is 4.79 Å². The van der Waals surface area contributed by atoms with Gasteiger partial charge in [0, 0.05) is 25.5 Å². The smallest absolute Gasteiger partial charge is 0.228 e. The van der Waals surface area contributed by atoms with E-state index in [2.05, 4.69) is 42.8 Å². The van der Waals surface area contributed by atoms with Crippen LogP contribution in [0.15, 0.2) is 6.33 Å². The number of halogens is 1. The Hall–Kier alpha value is -1.29. The highest BCUT2D eigenvalue weighted by molar-refractivity contribution is 14.1. The van der Waals surface area contributed by atoms with Gasteiger partial charge in [-0.3, -0.25) is 14.8 Å². The van der Waals surface area contributed by atoms with Crippen LogP contribution in [0.5, 0.6) is 0 Å². The number of carbonyl (C=O) groups excluding carboxylic acids is 1. The van der Waals surface area contributed by atoms with Crippen molar-refractivity contribution >= 4 is 45.3 Å². The molecule has 8 heteroatoms. The van der Waals surface area contributed by atoms with Gasteiger partial charge >= 0.3 is 0 Å². The zero-order valence-electron chi connectivity index (χ0n) is 9.30. The van der Waals surface area contributed by atoms with E-state index < -0.39 is 0 Å². The molecule has 7 nitrogen and oxygen atoms in total. The number of amides is 1. The Bertz CT molecular complexity index is 613. The summed E-state index contributed by atoms with van der Waals surface area (Å²) in [5.74, 6) is 0.525. The fourth-order valence-corrected chi connectivity index (χ4v) is 2.72. The Morgan fingerprint density at radius 3 is 3.11 bits per heavy atom. The average molecular weight is 359 g/mol. The van der Waals surface area contributed by atoms with Crippen LogP contribution in [0.4, 0.5) is 5.82 Å². The summed E-state index contributed by atoms with van der Waals surface area (Å²) in [5.41, 5.74) is 0.546. The maximum absolute atomic E-state index is 11.9. The number of H-pyrrole nitrogens is 1. The fraction of sp³-hybridized carbons (Fsp3) is 0.400. The van der Waals surface area contributed by atoms with Crippen molar-refractivity contribution in [1.82, 2.24) is 20.2 Å². The lowest BCUT2D eigenvalue weighted by molar-refractivity contribution is -0.117. The minimum Gasteiger partial charge on any atom is -0.396 e. The van der Waals surface area contributed by atoms with Gasteiger partial charge in [0.25, 0.3) is 0 Å². The van der Waals surface area contributed by atoms with Gasteiger partial charge in [0.1, 0.15) is 10.0 Å². The number of nitrogens with one attached hydrogen (secondary N) is 1. The van der Waals surface area contributed by atoms with Crippen molar-refractivity contribution in [3.63, 3.8) is 0 Å². The van der Waals surface area contributed by atoms with Crippen molar-refractivity contribution in [1.29, 1.82) is 0 Å². The lowest BCUT2D eigenvalue weighted by Gasteiger charge is -2.15. The largest absolute Gasteiger partial charge is 0.396 e. The third kappa shape index (κ3) is 1.75. The summed E-state index contributed by atoms with van der Waals surface area (Å²) in [5, 5.41) is 16.8. The summed E-state index contributed by atoms with van der Waals surface area (Å²) in [6.45, 7) is 0.502. The predicted octanol–water partition coefficient (Wildman–Crippen LogP) is 0.303. The molecular weight excluding hydrogens is 349 g/mol. The molecule has 94 valence electrons. The van der Waals surface area contributed by atoms with E-state index in [-0.39, 0.29) is 18.4 Å². The maximum atomic E-state index is 11.9. The van der Waals surface area contributed by atoms with Crippen molar-refractivity contribution in [2.24, 2.45) is 5.92 Å². The number of aromatic nitrogens is 4. The number of aromatic amines is 1. The average Bonchev–Trinajstić information content (AvgIpc) is 2.93. The van der Waals surface area contributed by atoms with Gasteiger partial charge in [0.05, 0.1) is 5.39 Å². The number of carbonyl (C=O) groups is 1. The quantitative estimate of drug-likeness (QED) is 0.753. The lowest BCUT2D eigenvalue weighted by atomic mass is 10.1. The van der Waals surface area contributed by atoms with E-state index in [1.165, 1.54) is 6.33 Å². The van der Waals surface area contributed by atoms with Crippen molar-refractivity contribution in [2.75, 3.05) is 18.1 Å². The molecule has 2 aromatic rings. The number of rotatable bonds is 2. The van der Waals surface area contributed by atoms with E-state index in [1.807, 2.05) is 0 Å².